The van der Waals surface area contributed by atoms with Gasteiger partial charge in [-0.1, -0.05) is 35.4 Å². The molecule has 1 fully saturated rings. The highest BCUT2D eigenvalue weighted by molar-refractivity contribution is 5.27. The van der Waals surface area contributed by atoms with Crippen molar-refractivity contribution in [2.45, 2.75) is 12.6 Å². The van der Waals surface area contributed by atoms with Crippen LogP contribution < -0.4 is 10.2 Å². The molecule has 6 heteroatoms. The van der Waals surface area contributed by atoms with Gasteiger partial charge in [0.1, 0.15) is 0 Å². The molecule has 0 unspecified atom stereocenters. The van der Waals surface area contributed by atoms with Crippen LogP contribution in [0.5, 0.6) is 0 Å². The molecule has 2 aromatic rings. The third-order valence-corrected chi connectivity index (χ3v) is 3.37. The van der Waals surface area contributed by atoms with Gasteiger partial charge in [0.25, 0.3) is 0 Å². The van der Waals surface area contributed by atoms with Crippen LogP contribution in [-0.4, -0.2) is 42.5 Å². The van der Waals surface area contributed by atoms with Gasteiger partial charge in [0.2, 0.25) is 6.39 Å². The topological polar surface area (TPSA) is 63.4 Å². The Morgan fingerprint density at radius 1 is 1.35 bits per heavy atom. The zero-order valence-electron chi connectivity index (χ0n) is 11.2. The van der Waals surface area contributed by atoms with Crippen LogP contribution in [0.4, 0.5) is 6.01 Å². The van der Waals surface area contributed by atoms with Gasteiger partial charge in [-0.05, 0) is 5.56 Å². The summed E-state index contributed by atoms with van der Waals surface area (Å²) < 4.78 is 11.1. The van der Waals surface area contributed by atoms with Gasteiger partial charge in [0.05, 0.1) is 19.3 Å². The van der Waals surface area contributed by atoms with Crippen LogP contribution in [-0.2, 0) is 11.3 Å². The third kappa shape index (κ3) is 3.15. The summed E-state index contributed by atoms with van der Waals surface area (Å²) in [5.41, 5.74) is 1.18. The van der Waals surface area contributed by atoms with Crippen molar-refractivity contribution in [2.75, 3.05) is 31.1 Å². The van der Waals surface area contributed by atoms with Gasteiger partial charge in [-0.15, -0.1) is 5.10 Å². The van der Waals surface area contributed by atoms with E-state index >= 15 is 0 Å². The second kappa shape index (κ2) is 6.49. The fourth-order valence-electron chi connectivity index (χ4n) is 2.34. The zero-order valence-corrected chi connectivity index (χ0v) is 11.2. The molecule has 20 heavy (non-hydrogen) atoms. The van der Waals surface area contributed by atoms with Crippen molar-refractivity contribution in [3.05, 3.63) is 42.3 Å². The molecule has 1 aromatic carbocycles. The molecule has 1 aliphatic heterocycles. The number of rotatable bonds is 5. The Labute approximate surface area is 117 Å². The molecule has 1 N–H and O–H groups in total. The Morgan fingerprint density at radius 2 is 2.25 bits per heavy atom. The molecule has 1 atom stereocenters. The molecular weight excluding hydrogens is 256 g/mol. The van der Waals surface area contributed by atoms with Gasteiger partial charge in [-0.3, -0.25) is 0 Å². The highest BCUT2D eigenvalue weighted by Gasteiger charge is 2.25. The number of ether oxygens (including phenoxy) is 1. The quantitative estimate of drug-likeness (QED) is 0.879. The maximum Gasteiger partial charge on any atom is 0.318 e. The number of anilines is 1. The molecule has 6 nitrogen and oxygen atoms in total. The number of aromatic nitrogens is 2. The summed E-state index contributed by atoms with van der Waals surface area (Å²) in [6.45, 7) is 3.87. The van der Waals surface area contributed by atoms with E-state index < -0.39 is 0 Å². The highest BCUT2D eigenvalue weighted by atomic mass is 16.5. The smallest absolute Gasteiger partial charge is 0.318 e. The summed E-state index contributed by atoms with van der Waals surface area (Å²) in [5, 5.41) is 11.1. The molecular formula is C14H18N4O2. The van der Waals surface area contributed by atoms with Crippen molar-refractivity contribution >= 4 is 6.01 Å². The van der Waals surface area contributed by atoms with Gasteiger partial charge in [0.15, 0.2) is 0 Å². The standard InChI is InChI=1S/C14H18N4O2/c1-2-4-12(5-3-1)9-19-10-13-8-15-6-7-18(13)14-17-16-11-20-14/h1-5,11,13,15H,6-10H2/t13-/m0/s1. The predicted octanol–water partition coefficient (Wildman–Crippen LogP) is 1.06. The maximum atomic E-state index is 5.82. The predicted molar refractivity (Wildman–Crippen MR) is 74.4 cm³/mol. The summed E-state index contributed by atoms with van der Waals surface area (Å²) in [7, 11) is 0. The minimum Gasteiger partial charge on any atom is -0.411 e. The molecule has 1 aromatic heterocycles. The summed E-state index contributed by atoms with van der Waals surface area (Å²) in [5.74, 6) is 0. The van der Waals surface area contributed by atoms with Crippen molar-refractivity contribution in [1.82, 2.24) is 15.5 Å². The fourth-order valence-corrected chi connectivity index (χ4v) is 2.34. The number of benzene rings is 1. The zero-order chi connectivity index (χ0) is 13.6. The van der Waals surface area contributed by atoms with Crippen LogP contribution in [0.25, 0.3) is 0 Å². The molecule has 0 aliphatic carbocycles. The first-order valence-corrected chi connectivity index (χ1v) is 6.78. The van der Waals surface area contributed by atoms with E-state index in [4.69, 9.17) is 9.15 Å². The van der Waals surface area contributed by atoms with E-state index in [1.807, 2.05) is 18.2 Å². The summed E-state index contributed by atoms with van der Waals surface area (Å²) in [4.78, 5) is 2.11. The Kier molecular flexibility index (Phi) is 4.25. The van der Waals surface area contributed by atoms with Gasteiger partial charge in [-0.2, -0.15) is 0 Å². The summed E-state index contributed by atoms with van der Waals surface area (Å²) in [6, 6.07) is 11.0. The van der Waals surface area contributed by atoms with Crippen LogP contribution in [0, 0.1) is 0 Å². The van der Waals surface area contributed by atoms with Crippen LogP contribution in [0.3, 0.4) is 0 Å². The Hall–Kier alpha value is -1.92. The number of nitrogens with zero attached hydrogens (tertiary/aromatic N) is 3. The van der Waals surface area contributed by atoms with E-state index in [2.05, 4.69) is 32.5 Å². The van der Waals surface area contributed by atoms with E-state index in [0.29, 0.717) is 19.2 Å². The van der Waals surface area contributed by atoms with Crippen molar-refractivity contribution in [2.24, 2.45) is 0 Å². The minimum absolute atomic E-state index is 0.216. The molecule has 0 spiro atoms. The lowest BCUT2D eigenvalue weighted by Crippen LogP contribution is -2.53. The molecule has 0 saturated carbocycles. The third-order valence-electron chi connectivity index (χ3n) is 3.37. The van der Waals surface area contributed by atoms with E-state index in [9.17, 15) is 0 Å². The van der Waals surface area contributed by atoms with Crippen molar-refractivity contribution in [3.63, 3.8) is 0 Å². The Balaban J connectivity index is 1.55. The first-order chi connectivity index (χ1) is 9.93. The van der Waals surface area contributed by atoms with Gasteiger partial charge >= 0.3 is 6.01 Å². The normalized spacial score (nSPS) is 19.2. The maximum absolute atomic E-state index is 5.82. The molecule has 106 valence electrons. The first kappa shape index (κ1) is 13.1. The lowest BCUT2D eigenvalue weighted by molar-refractivity contribution is 0.101. The average molecular weight is 274 g/mol. The first-order valence-electron chi connectivity index (χ1n) is 6.78. The molecule has 2 heterocycles. The monoisotopic (exact) mass is 274 g/mol. The van der Waals surface area contributed by atoms with Crippen molar-refractivity contribution < 1.29 is 9.15 Å². The van der Waals surface area contributed by atoms with Crippen LogP contribution >= 0.6 is 0 Å². The molecule has 0 bridgehead atoms. The Bertz CT molecular complexity index is 503. The number of nitrogens with one attached hydrogen (secondary N) is 1. The van der Waals surface area contributed by atoms with E-state index in [-0.39, 0.29) is 6.04 Å². The van der Waals surface area contributed by atoms with Crippen LogP contribution in [0.2, 0.25) is 0 Å². The van der Waals surface area contributed by atoms with Gasteiger partial charge in [-0.25, -0.2) is 0 Å². The Morgan fingerprint density at radius 3 is 3.05 bits per heavy atom. The SMILES string of the molecule is c1ccc(COC[C@@H]2CNCCN2c2nnco2)cc1. The minimum atomic E-state index is 0.216. The lowest BCUT2D eigenvalue weighted by Gasteiger charge is -2.34. The molecule has 0 amide bonds. The number of hydrogen-bond donors (Lipinski definition) is 1. The van der Waals surface area contributed by atoms with Gasteiger partial charge < -0.3 is 19.4 Å². The summed E-state index contributed by atoms with van der Waals surface area (Å²) in [6.07, 6.45) is 1.36. The molecule has 1 saturated heterocycles. The second-order valence-corrected chi connectivity index (χ2v) is 4.77. The molecule has 0 radical (unpaired) electrons. The molecule has 1 aliphatic rings. The van der Waals surface area contributed by atoms with Gasteiger partial charge in [0, 0.05) is 19.6 Å². The van der Waals surface area contributed by atoms with Crippen LogP contribution in [0.15, 0.2) is 41.1 Å². The number of piperazine rings is 1. The second-order valence-electron chi connectivity index (χ2n) is 4.77. The van der Waals surface area contributed by atoms with Crippen LogP contribution in [0.1, 0.15) is 5.56 Å². The average Bonchev–Trinajstić information content (AvgIpc) is 3.03. The fraction of sp³-hybridized carbons (Fsp3) is 0.429. The van der Waals surface area contributed by atoms with E-state index in [0.717, 1.165) is 19.6 Å². The highest BCUT2D eigenvalue weighted by Crippen LogP contribution is 2.15. The van der Waals surface area contributed by atoms with Crippen molar-refractivity contribution in [1.29, 1.82) is 0 Å². The lowest BCUT2D eigenvalue weighted by atomic mass is 10.2. The number of hydrogen-bond acceptors (Lipinski definition) is 6. The van der Waals surface area contributed by atoms with E-state index in [1.54, 1.807) is 0 Å². The summed E-state index contributed by atoms with van der Waals surface area (Å²) >= 11 is 0. The van der Waals surface area contributed by atoms with Crippen molar-refractivity contribution in [3.8, 4) is 0 Å². The van der Waals surface area contributed by atoms with E-state index in [1.165, 1.54) is 12.0 Å². The largest absolute Gasteiger partial charge is 0.411 e. The molecule has 3 rings (SSSR count).